The Morgan fingerprint density at radius 1 is 1.31 bits per heavy atom. The lowest BCUT2D eigenvalue weighted by molar-refractivity contribution is -0.0292. The maximum atomic E-state index is 12.7. The number of amides is 1. The number of nitrogen functional groups attached to an aromatic ring is 1. The second kappa shape index (κ2) is 10.2. The lowest BCUT2D eigenvalue weighted by Gasteiger charge is -2.33. The van der Waals surface area contributed by atoms with Gasteiger partial charge in [0.2, 0.25) is 0 Å². The average molecular weight is 438 g/mol. The summed E-state index contributed by atoms with van der Waals surface area (Å²) in [5.41, 5.74) is 7.63. The van der Waals surface area contributed by atoms with E-state index in [0.717, 1.165) is 23.7 Å². The first-order valence-corrected chi connectivity index (χ1v) is 10.3. The van der Waals surface area contributed by atoms with E-state index >= 15 is 0 Å². The molecule has 2 aromatic rings. The van der Waals surface area contributed by atoms with Crippen LogP contribution in [0.25, 0.3) is 0 Å². The van der Waals surface area contributed by atoms with Crippen molar-refractivity contribution in [3.8, 4) is 5.75 Å². The van der Waals surface area contributed by atoms with Gasteiger partial charge in [0, 0.05) is 37.3 Å². The Morgan fingerprint density at radius 3 is 2.86 bits per heavy atom. The number of carbonyl (C=O) groups is 1. The van der Waals surface area contributed by atoms with Crippen LogP contribution in [0.15, 0.2) is 36.4 Å². The van der Waals surface area contributed by atoms with Gasteiger partial charge in [0.1, 0.15) is 5.75 Å². The molecule has 0 spiro atoms. The van der Waals surface area contributed by atoms with E-state index in [1.54, 1.807) is 6.07 Å². The summed E-state index contributed by atoms with van der Waals surface area (Å²) in [7, 11) is 0. The summed E-state index contributed by atoms with van der Waals surface area (Å²) >= 11 is 12.4. The number of nitrogens with two attached hydrogens (primary N) is 1. The van der Waals surface area contributed by atoms with Crippen molar-refractivity contribution in [3.05, 3.63) is 57.6 Å². The van der Waals surface area contributed by atoms with Crippen LogP contribution in [0.4, 0.5) is 5.69 Å². The lowest BCUT2D eigenvalue weighted by atomic mass is 10.1. The SMILES string of the molecule is CCOc1cc(N)c(Cl)cc1C(=O)NCC1CN(Cc2ccccc2Cl)CCO1. The quantitative estimate of drug-likeness (QED) is 0.646. The molecule has 0 saturated carbocycles. The van der Waals surface area contributed by atoms with Gasteiger partial charge in [0.25, 0.3) is 5.91 Å². The number of rotatable bonds is 7. The van der Waals surface area contributed by atoms with Gasteiger partial charge >= 0.3 is 0 Å². The highest BCUT2D eigenvalue weighted by molar-refractivity contribution is 6.33. The first kappa shape index (κ1) is 21.7. The highest BCUT2D eigenvalue weighted by Gasteiger charge is 2.23. The summed E-state index contributed by atoms with van der Waals surface area (Å²) in [6, 6.07) is 10.9. The van der Waals surface area contributed by atoms with Crippen LogP contribution in [0.5, 0.6) is 5.75 Å². The predicted octanol–water partition coefficient (Wildman–Crippen LogP) is 3.61. The van der Waals surface area contributed by atoms with Gasteiger partial charge in [-0.1, -0.05) is 41.4 Å². The van der Waals surface area contributed by atoms with E-state index in [1.165, 1.54) is 6.07 Å². The van der Waals surface area contributed by atoms with Gasteiger partial charge in [-0.15, -0.1) is 0 Å². The number of nitrogens with zero attached hydrogens (tertiary/aromatic N) is 1. The van der Waals surface area contributed by atoms with Crippen LogP contribution in [-0.4, -0.2) is 49.8 Å². The summed E-state index contributed by atoms with van der Waals surface area (Å²) in [6.07, 6.45) is -0.116. The molecular formula is C21H25Cl2N3O3. The molecule has 29 heavy (non-hydrogen) atoms. The maximum Gasteiger partial charge on any atom is 0.255 e. The van der Waals surface area contributed by atoms with Crippen molar-refractivity contribution in [2.24, 2.45) is 0 Å². The van der Waals surface area contributed by atoms with E-state index < -0.39 is 0 Å². The van der Waals surface area contributed by atoms with Crippen molar-refractivity contribution < 1.29 is 14.3 Å². The van der Waals surface area contributed by atoms with Gasteiger partial charge < -0.3 is 20.5 Å². The fourth-order valence-corrected chi connectivity index (χ4v) is 3.60. The maximum absolute atomic E-state index is 12.7. The number of benzene rings is 2. The van der Waals surface area contributed by atoms with Gasteiger partial charge in [-0.3, -0.25) is 9.69 Å². The van der Waals surface area contributed by atoms with Crippen LogP contribution < -0.4 is 15.8 Å². The summed E-state index contributed by atoms with van der Waals surface area (Å²) in [4.78, 5) is 15.0. The van der Waals surface area contributed by atoms with E-state index in [-0.39, 0.29) is 12.0 Å². The third-order valence-corrected chi connectivity index (χ3v) is 5.40. The molecule has 3 rings (SSSR count). The van der Waals surface area contributed by atoms with Gasteiger partial charge in [-0.25, -0.2) is 0 Å². The first-order valence-electron chi connectivity index (χ1n) is 9.55. The van der Waals surface area contributed by atoms with E-state index in [0.29, 0.717) is 48.3 Å². The lowest BCUT2D eigenvalue weighted by Crippen LogP contribution is -2.47. The number of morpholine rings is 1. The zero-order valence-corrected chi connectivity index (χ0v) is 17.8. The molecule has 1 amide bonds. The smallest absolute Gasteiger partial charge is 0.255 e. The summed E-state index contributed by atoms with van der Waals surface area (Å²) in [5, 5.41) is 3.99. The number of halogens is 2. The standard InChI is InChI=1S/C21H25Cl2N3O3/c1-2-28-20-10-19(24)18(23)9-16(20)21(27)25-11-15-13-26(7-8-29-15)12-14-5-3-4-6-17(14)22/h3-6,9-10,15H,2,7-8,11-13,24H2,1H3,(H,25,27). The molecule has 1 atom stereocenters. The molecule has 6 nitrogen and oxygen atoms in total. The molecule has 2 aromatic carbocycles. The summed E-state index contributed by atoms with van der Waals surface area (Å²) < 4.78 is 11.3. The van der Waals surface area contributed by atoms with Crippen LogP contribution in [0.3, 0.4) is 0 Å². The van der Waals surface area contributed by atoms with Crippen molar-refractivity contribution in [3.63, 3.8) is 0 Å². The molecule has 156 valence electrons. The van der Waals surface area contributed by atoms with Gasteiger partial charge in [-0.2, -0.15) is 0 Å². The number of nitrogens with one attached hydrogen (secondary N) is 1. The normalized spacial score (nSPS) is 17.1. The average Bonchev–Trinajstić information content (AvgIpc) is 2.71. The topological polar surface area (TPSA) is 76.8 Å². The molecule has 0 bridgehead atoms. The Balaban J connectivity index is 1.59. The molecular weight excluding hydrogens is 413 g/mol. The number of anilines is 1. The zero-order valence-electron chi connectivity index (χ0n) is 16.3. The monoisotopic (exact) mass is 437 g/mol. The summed E-state index contributed by atoms with van der Waals surface area (Å²) in [5.74, 6) is 0.138. The molecule has 0 aromatic heterocycles. The van der Waals surface area contributed by atoms with Crippen LogP contribution in [0.1, 0.15) is 22.8 Å². The predicted molar refractivity (Wildman–Crippen MR) is 116 cm³/mol. The van der Waals surface area contributed by atoms with Crippen LogP contribution in [-0.2, 0) is 11.3 Å². The molecule has 1 fully saturated rings. The van der Waals surface area contributed by atoms with Crippen molar-refractivity contribution in [2.75, 3.05) is 38.6 Å². The molecule has 1 aliphatic rings. The Kier molecular flexibility index (Phi) is 7.61. The van der Waals surface area contributed by atoms with Gasteiger partial charge in [-0.05, 0) is 24.6 Å². The van der Waals surface area contributed by atoms with Gasteiger partial charge in [0.05, 0.1) is 35.6 Å². The Hall–Kier alpha value is -1.99. The second-order valence-corrected chi connectivity index (χ2v) is 7.65. The molecule has 3 N–H and O–H groups in total. The minimum absolute atomic E-state index is 0.116. The minimum atomic E-state index is -0.276. The largest absolute Gasteiger partial charge is 0.493 e. The van der Waals surface area contributed by atoms with E-state index in [2.05, 4.69) is 10.2 Å². The second-order valence-electron chi connectivity index (χ2n) is 6.83. The van der Waals surface area contributed by atoms with E-state index in [9.17, 15) is 4.79 Å². The highest BCUT2D eigenvalue weighted by atomic mass is 35.5. The van der Waals surface area contributed by atoms with E-state index in [1.807, 2.05) is 31.2 Å². The zero-order chi connectivity index (χ0) is 20.8. The minimum Gasteiger partial charge on any atom is -0.493 e. The third-order valence-electron chi connectivity index (χ3n) is 4.71. The van der Waals surface area contributed by atoms with Crippen LogP contribution in [0.2, 0.25) is 10.0 Å². The molecule has 0 radical (unpaired) electrons. The Bertz CT molecular complexity index is 863. The van der Waals surface area contributed by atoms with Crippen molar-refractivity contribution in [1.29, 1.82) is 0 Å². The molecule has 0 aliphatic carbocycles. The molecule has 1 unspecified atom stereocenters. The number of hydrogen-bond donors (Lipinski definition) is 2. The number of carbonyl (C=O) groups excluding carboxylic acids is 1. The molecule has 1 aliphatic heterocycles. The fraction of sp³-hybridized carbons (Fsp3) is 0.381. The Morgan fingerprint density at radius 2 is 2.10 bits per heavy atom. The molecule has 1 saturated heterocycles. The highest BCUT2D eigenvalue weighted by Crippen LogP contribution is 2.29. The number of ether oxygens (including phenoxy) is 2. The third kappa shape index (κ3) is 5.76. The van der Waals surface area contributed by atoms with Gasteiger partial charge in [0.15, 0.2) is 0 Å². The Labute approximate surface area is 180 Å². The van der Waals surface area contributed by atoms with E-state index in [4.69, 9.17) is 38.4 Å². The fourth-order valence-electron chi connectivity index (χ4n) is 3.24. The van der Waals surface area contributed by atoms with Crippen molar-refractivity contribution in [1.82, 2.24) is 10.2 Å². The van der Waals surface area contributed by atoms with Crippen LogP contribution in [0, 0.1) is 0 Å². The number of hydrogen-bond acceptors (Lipinski definition) is 5. The van der Waals surface area contributed by atoms with Crippen molar-refractivity contribution in [2.45, 2.75) is 19.6 Å². The molecule has 8 heteroatoms. The first-order chi connectivity index (χ1) is 14.0. The van der Waals surface area contributed by atoms with Crippen molar-refractivity contribution >= 4 is 34.8 Å². The molecule has 1 heterocycles. The van der Waals surface area contributed by atoms with Crippen LogP contribution >= 0.6 is 23.2 Å². The summed E-state index contributed by atoms with van der Waals surface area (Å²) in [6.45, 7) is 5.51.